The first-order valence-electron chi connectivity index (χ1n) is 12.2. The average molecular weight is 525 g/mol. The standard InChI is InChI=1S/C26H27F3N8O/c1-25(2,3)15-37-20-8-7-19(31-22(20)34(4)24(37)38)18-11-16(5-6-17(18)12-30)13-35-9-10-36-21(14-35)32-33-23(36)26(27,28)29/h5-8,11H,9-10,13-15H2,1-4H3. The molecule has 3 aromatic heterocycles. The van der Waals surface area contributed by atoms with Crippen LogP contribution in [0.2, 0.25) is 0 Å². The molecule has 9 nitrogen and oxygen atoms in total. The van der Waals surface area contributed by atoms with Gasteiger partial charge in [-0.1, -0.05) is 26.8 Å². The number of benzene rings is 1. The maximum atomic E-state index is 13.2. The molecule has 0 aliphatic carbocycles. The molecule has 0 amide bonds. The van der Waals surface area contributed by atoms with Crippen LogP contribution in [0.25, 0.3) is 22.4 Å². The second-order valence-corrected chi connectivity index (χ2v) is 10.8. The molecule has 5 rings (SSSR count). The minimum absolute atomic E-state index is 0.102. The lowest BCUT2D eigenvalue weighted by atomic mass is 9.97. The molecular weight excluding hydrogens is 497 g/mol. The predicted octanol–water partition coefficient (Wildman–Crippen LogP) is 3.95. The largest absolute Gasteiger partial charge is 0.451 e. The van der Waals surface area contributed by atoms with Gasteiger partial charge >= 0.3 is 11.9 Å². The fourth-order valence-electron chi connectivity index (χ4n) is 4.86. The number of pyridine rings is 1. The van der Waals surface area contributed by atoms with Crippen LogP contribution in [0, 0.1) is 16.7 Å². The number of hydrogen-bond donors (Lipinski definition) is 0. The number of nitriles is 1. The van der Waals surface area contributed by atoms with E-state index in [1.807, 2.05) is 29.2 Å². The van der Waals surface area contributed by atoms with Crippen LogP contribution < -0.4 is 5.69 Å². The van der Waals surface area contributed by atoms with E-state index >= 15 is 0 Å². The molecule has 0 fully saturated rings. The summed E-state index contributed by atoms with van der Waals surface area (Å²) >= 11 is 0. The van der Waals surface area contributed by atoms with Gasteiger partial charge in [0, 0.05) is 38.8 Å². The molecule has 38 heavy (non-hydrogen) atoms. The van der Waals surface area contributed by atoms with E-state index in [1.165, 1.54) is 4.57 Å². The Morgan fingerprint density at radius 1 is 1.08 bits per heavy atom. The Hall–Kier alpha value is -3.98. The lowest BCUT2D eigenvalue weighted by Crippen LogP contribution is -2.34. The van der Waals surface area contributed by atoms with Crippen LogP contribution in [0.4, 0.5) is 13.2 Å². The molecule has 1 aliphatic heterocycles. The molecule has 0 radical (unpaired) electrons. The fraction of sp³-hybridized carbons (Fsp3) is 0.423. The van der Waals surface area contributed by atoms with E-state index < -0.39 is 12.0 Å². The number of halogens is 3. The highest BCUT2D eigenvalue weighted by atomic mass is 19.4. The van der Waals surface area contributed by atoms with Crippen molar-refractivity contribution >= 4 is 11.2 Å². The number of rotatable bonds is 4. The van der Waals surface area contributed by atoms with Gasteiger partial charge in [-0.2, -0.15) is 18.4 Å². The zero-order valence-corrected chi connectivity index (χ0v) is 21.5. The SMILES string of the molecule is Cn1c(=O)n(CC(C)(C)C)c2ccc(-c3cc(CN4CCn5c(nnc5C(F)(F)F)C4)ccc3C#N)nc21. The predicted molar refractivity (Wildman–Crippen MR) is 134 cm³/mol. The summed E-state index contributed by atoms with van der Waals surface area (Å²) in [7, 11) is 1.68. The van der Waals surface area contributed by atoms with Gasteiger partial charge in [0.1, 0.15) is 5.82 Å². The third-order valence-corrected chi connectivity index (χ3v) is 6.59. The first-order valence-corrected chi connectivity index (χ1v) is 12.2. The van der Waals surface area contributed by atoms with Crippen molar-refractivity contribution < 1.29 is 13.2 Å². The van der Waals surface area contributed by atoms with Gasteiger partial charge in [-0.15, -0.1) is 10.2 Å². The van der Waals surface area contributed by atoms with Crippen molar-refractivity contribution in [2.24, 2.45) is 12.5 Å². The highest BCUT2D eigenvalue weighted by molar-refractivity contribution is 5.78. The van der Waals surface area contributed by atoms with Gasteiger partial charge in [-0.05, 0) is 35.2 Å². The van der Waals surface area contributed by atoms with Gasteiger partial charge < -0.3 is 4.57 Å². The summed E-state index contributed by atoms with van der Waals surface area (Å²) < 4.78 is 43.8. The van der Waals surface area contributed by atoms with E-state index in [9.17, 15) is 23.2 Å². The van der Waals surface area contributed by atoms with E-state index in [1.54, 1.807) is 17.7 Å². The van der Waals surface area contributed by atoms with Crippen molar-refractivity contribution in [1.29, 1.82) is 5.26 Å². The van der Waals surface area contributed by atoms with E-state index in [2.05, 4.69) is 37.0 Å². The molecule has 0 unspecified atom stereocenters. The smallest absolute Gasteiger partial charge is 0.305 e. The third-order valence-electron chi connectivity index (χ3n) is 6.59. The van der Waals surface area contributed by atoms with E-state index in [0.29, 0.717) is 42.1 Å². The van der Waals surface area contributed by atoms with Gasteiger partial charge in [0.05, 0.1) is 29.4 Å². The minimum atomic E-state index is -4.54. The summed E-state index contributed by atoms with van der Waals surface area (Å²) in [4.78, 5) is 19.7. The van der Waals surface area contributed by atoms with E-state index in [-0.39, 0.29) is 30.0 Å². The molecule has 0 saturated carbocycles. The summed E-state index contributed by atoms with van der Waals surface area (Å²) in [6.07, 6.45) is -4.54. The highest BCUT2D eigenvalue weighted by Gasteiger charge is 2.39. The van der Waals surface area contributed by atoms with Crippen LogP contribution in [0.1, 0.15) is 43.5 Å². The van der Waals surface area contributed by atoms with Gasteiger partial charge in [0.2, 0.25) is 5.82 Å². The molecule has 12 heteroatoms. The molecule has 1 aliphatic rings. The molecule has 198 valence electrons. The maximum Gasteiger partial charge on any atom is 0.451 e. The van der Waals surface area contributed by atoms with E-state index in [4.69, 9.17) is 4.98 Å². The Bertz CT molecular complexity index is 1630. The van der Waals surface area contributed by atoms with E-state index in [0.717, 1.165) is 15.6 Å². The number of fused-ring (bicyclic) bond motifs is 2. The lowest BCUT2D eigenvalue weighted by Gasteiger charge is -2.28. The number of nitrogens with zero attached hydrogens (tertiary/aromatic N) is 8. The molecule has 0 N–H and O–H groups in total. The van der Waals surface area contributed by atoms with Crippen molar-refractivity contribution in [3.05, 3.63) is 63.6 Å². The van der Waals surface area contributed by atoms with Gasteiger partial charge in [-0.3, -0.25) is 14.0 Å². The van der Waals surface area contributed by atoms with Crippen molar-refractivity contribution in [1.82, 2.24) is 33.8 Å². The Morgan fingerprint density at radius 2 is 1.84 bits per heavy atom. The molecule has 0 saturated heterocycles. The van der Waals surface area contributed by atoms with Crippen LogP contribution in [-0.2, 0) is 39.4 Å². The summed E-state index contributed by atoms with van der Waals surface area (Å²) in [5.41, 5.74) is 3.51. The normalized spacial score (nSPS) is 14.6. The Morgan fingerprint density at radius 3 is 2.53 bits per heavy atom. The van der Waals surface area contributed by atoms with Crippen molar-refractivity contribution in [3.63, 3.8) is 0 Å². The number of aromatic nitrogens is 6. The highest BCUT2D eigenvalue weighted by Crippen LogP contribution is 2.30. The summed E-state index contributed by atoms with van der Waals surface area (Å²) in [6.45, 7) is 7.94. The summed E-state index contributed by atoms with van der Waals surface area (Å²) in [6, 6.07) is 11.3. The van der Waals surface area contributed by atoms with Gasteiger partial charge in [0.15, 0.2) is 5.65 Å². The quantitative estimate of drug-likeness (QED) is 0.401. The molecular formula is C26H27F3N8O. The van der Waals surface area contributed by atoms with Gasteiger partial charge in [-0.25, -0.2) is 9.78 Å². The second-order valence-electron chi connectivity index (χ2n) is 10.8. The van der Waals surface area contributed by atoms with Crippen LogP contribution >= 0.6 is 0 Å². The number of hydrogen-bond acceptors (Lipinski definition) is 6. The molecule has 4 heterocycles. The number of alkyl halides is 3. The van der Waals surface area contributed by atoms with Crippen LogP contribution in [-0.4, -0.2) is 40.3 Å². The van der Waals surface area contributed by atoms with Crippen molar-refractivity contribution in [2.45, 2.75) is 53.1 Å². The Balaban J connectivity index is 1.45. The van der Waals surface area contributed by atoms with Crippen molar-refractivity contribution in [3.8, 4) is 17.3 Å². The average Bonchev–Trinajstić information content (AvgIpc) is 3.38. The van der Waals surface area contributed by atoms with Crippen molar-refractivity contribution in [2.75, 3.05) is 6.54 Å². The minimum Gasteiger partial charge on any atom is -0.305 e. The zero-order chi connectivity index (χ0) is 27.4. The van der Waals surface area contributed by atoms with Crippen LogP contribution in [0.15, 0.2) is 35.1 Å². The summed E-state index contributed by atoms with van der Waals surface area (Å²) in [5.74, 6) is -0.703. The number of imidazole rings is 1. The fourth-order valence-corrected chi connectivity index (χ4v) is 4.86. The first-order chi connectivity index (χ1) is 17.9. The lowest BCUT2D eigenvalue weighted by molar-refractivity contribution is -0.148. The van der Waals surface area contributed by atoms with Gasteiger partial charge in [0.25, 0.3) is 0 Å². The topological polar surface area (TPSA) is 97.6 Å². The summed E-state index contributed by atoms with van der Waals surface area (Å²) in [5, 5.41) is 16.8. The zero-order valence-electron chi connectivity index (χ0n) is 21.5. The maximum absolute atomic E-state index is 13.2. The molecule has 0 atom stereocenters. The third kappa shape index (κ3) is 4.69. The Labute approximate surface area is 216 Å². The monoisotopic (exact) mass is 524 g/mol. The Kier molecular flexibility index (Phi) is 6.14. The molecule has 1 aromatic carbocycles. The van der Waals surface area contributed by atoms with Crippen LogP contribution in [0.5, 0.6) is 0 Å². The first kappa shape index (κ1) is 25.7. The molecule has 0 bridgehead atoms. The second kappa shape index (κ2) is 9.09. The molecule has 0 spiro atoms. The van der Waals surface area contributed by atoms with Crippen LogP contribution in [0.3, 0.4) is 0 Å². The number of aryl methyl sites for hydroxylation is 1. The molecule has 4 aromatic rings.